The van der Waals surface area contributed by atoms with Gasteiger partial charge in [-0.25, -0.2) is 8.42 Å². The van der Waals surface area contributed by atoms with E-state index in [-0.39, 0.29) is 21.9 Å². The fourth-order valence-electron chi connectivity index (χ4n) is 3.70. The normalized spacial score (nSPS) is 12.7. The highest BCUT2D eigenvalue weighted by Crippen LogP contribution is 2.33. The predicted octanol–water partition coefficient (Wildman–Crippen LogP) is 4.85. The van der Waals surface area contributed by atoms with Gasteiger partial charge in [0.1, 0.15) is 9.90 Å². The SMILES string of the molecule is Cc1ccc(N(C)S(=O)(=O)c2cccs2)c2[nH]c(C(=O)NCC(C=NO)SCc3ccccc3)cc12. The Bertz CT molecular complexity index is 1470. The van der Waals surface area contributed by atoms with Crippen molar-refractivity contribution in [3.8, 4) is 0 Å². The number of thiophene rings is 1. The van der Waals surface area contributed by atoms with Crippen LogP contribution >= 0.6 is 23.1 Å². The predicted molar refractivity (Wildman–Crippen MR) is 147 cm³/mol. The zero-order valence-electron chi connectivity index (χ0n) is 19.7. The molecule has 8 nitrogen and oxygen atoms in total. The first-order valence-corrected chi connectivity index (χ1v) is 14.4. The number of H-pyrrole nitrogens is 1. The van der Waals surface area contributed by atoms with Crippen LogP contribution < -0.4 is 9.62 Å². The molecule has 0 saturated heterocycles. The van der Waals surface area contributed by atoms with E-state index in [1.54, 1.807) is 41.4 Å². The molecule has 0 radical (unpaired) electrons. The average Bonchev–Trinajstić information content (AvgIpc) is 3.58. The molecule has 1 unspecified atom stereocenters. The molecule has 0 aliphatic heterocycles. The summed E-state index contributed by atoms with van der Waals surface area (Å²) in [6.45, 7) is 2.16. The Kier molecular flexibility index (Phi) is 8.02. The Morgan fingerprint density at radius 2 is 2.00 bits per heavy atom. The third-order valence-electron chi connectivity index (χ3n) is 5.69. The van der Waals surface area contributed by atoms with E-state index in [0.717, 1.165) is 27.8 Å². The van der Waals surface area contributed by atoms with Crippen molar-refractivity contribution >= 4 is 61.8 Å². The number of benzene rings is 2. The standard InChI is InChI=1S/C25H26N4O4S3/c1-17-10-11-22(29(2)36(32,33)23-9-6-12-34-23)24-20(17)13-21(28-24)25(30)26-14-19(15-27-31)35-16-18-7-4-3-5-8-18/h3-13,15,19,28,31H,14,16H2,1-2H3,(H,26,30). The number of sulfonamides is 1. The van der Waals surface area contributed by atoms with Crippen LogP contribution in [0.4, 0.5) is 5.69 Å². The quantitative estimate of drug-likeness (QED) is 0.150. The summed E-state index contributed by atoms with van der Waals surface area (Å²) in [5, 5.41) is 17.3. The smallest absolute Gasteiger partial charge is 0.273 e. The van der Waals surface area contributed by atoms with Gasteiger partial charge in [-0.3, -0.25) is 9.10 Å². The molecular formula is C25H26N4O4S3. The van der Waals surface area contributed by atoms with Crippen molar-refractivity contribution in [2.24, 2.45) is 5.16 Å². The number of nitrogens with zero attached hydrogens (tertiary/aromatic N) is 2. The highest BCUT2D eigenvalue weighted by atomic mass is 32.2. The van der Waals surface area contributed by atoms with Crippen LogP contribution in [-0.4, -0.2) is 49.6 Å². The zero-order chi connectivity index (χ0) is 25.7. The van der Waals surface area contributed by atoms with Gasteiger partial charge in [-0.05, 0) is 41.6 Å². The van der Waals surface area contributed by atoms with E-state index in [4.69, 9.17) is 5.21 Å². The van der Waals surface area contributed by atoms with Crippen LogP contribution in [0, 0.1) is 6.92 Å². The third-order valence-corrected chi connectivity index (χ3v) is 10.0. The Labute approximate surface area is 218 Å². The van der Waals surface area contributed by atoms with E-state index >= 15 is 0 Å². The number of hydrogen-bond donors (Lipinski definition) is 3. The van der Waals surface area contributed by atoms with Crippen LogP contribution in [0.3, 0.4) is 0 Å². The summed E-state index contributed by atoms with van der Waals surface area (Å²) in [4.78, 5) is 16.1. The third kappa shape index (κ3) is 5.58. The Balaban J connectivity index is 1.52. The van der Waals surface area contributed by atoms with E-state index in [0.29, 0.717) is 22.7 Å². The minimum absolute atomic E-state index is 0.233. The number of hydrogen-bond acceptors (Lipinski definition) is 7. The van der Waals surface area contributed by atoms with Crippen LogP contribution in [0.2, 0.25) is 0 Å². The largest absolute Gasteiger partial charge is 0.411 e. The van der Waals surface area contributed by atoms with Gasteiger partial charge in [0.2, 0.25) is 0 Å². The van der Waals surface area contributed by atoms with Crippen molar-refractivity contribution in [1.29, 1.82) is 0 Å². The van der Waals surface area contributed by atoms with Gasteiger partial charge in [0.25, 0.3) is 15.9 Å². The molecule has 3 N–H and O–H groups in total. The van der Waals surface area contributed by atoms with Crippen molar-refractivity contribution in [1.82, 2.24) is 10.3 Å². The maximum Gasteiger partial charge on any atom is 0.273 e. The second-order valence-corrected chi connectivity index (χ2v) is 12.5. The van der Waals surface area contributed by atoms with E-state index in [1.807, 2.05) is 43.3 Å². The van der Waals surface area contributed by atoms with Crippen molar-refractivity contribution in [2.45, 2.75) is 22.1 Å². The molecule has 1 atom stereocenters. The number of aryl methyl sites for hydroxylation is 1. The highest BCUT2D eigenvalue weighted by molar-refractivity contribution is 7.99. The van der Waals surface area contributed by atoms with Crippen molar-refractivity contribution in [2.75, 3.05) is 17.9 Å². The van der Waals surface area contributed by atoms with Gasteiger partial charge in [-0.2, -0.15) is 0 Å². The maximum atomic E-state index is 13.1. The molecule has 188 valence electrons. The number of nitrogens with one attached hydrogen (secondary N) is 2. The van der Waals surface area contributed by atoms with Crippen molar-refractivity contribution in [3.63, 3.8) is 0 Å². The summed E-state index contributed by atoms with van der Waals surface area (Å²) in [6, 6.07) is 18.4. The van der Waals surface area contributed by atoms with E-state index < -0.39 is 10.0 Å². The minimum atomic E-state index is -3.73. The number of aromatic nitrogens is 1. The highest BCUT2D eigenvalue weighted by Gasteiger charge is 2.25. The molecule has 0 aliphatic carbocycles. The van der Waals surface area contributed by atoms with Crippen LogP contribution in [0.25, 0.3) is 10.9 Å². The first-order valence-electron chi connectivity index (χ1n) is 11.1. The maximum absolute atomic E-state index is 13.1. The van der Waals surface area contributed by atoms with Gasteiger partial charge < -0.3 is 15.5 Å². The number of carbonyl (C=O) groups excluding carboxylic acids is 1. The first-order chi connectivity index (χ1) is 17.3. The van der Waals surface area contributed by atoms with Gasteiger partial charge in [0.05, 0.1) is 22.7 Å². The Morgan fingerprint density at radius 1 is 1.22 bits per heavy atom. The molecule has 4 rings (SSSR count). The van der Waals surface area contributed by atoms with Crippen molar-refractivity contribution in [3.05, 3.63) is 82.9 Å². The van der Waals surface area contributed by atoms with E-state index in [9.17, 15) is 13.2 Å². The van der Waals surface area contributed by atoms with Gasteiger partial charge in [-0.1, -0.05) is 42.5 Å². The molecule has 0 fully saturated rings. The summed E-state index contributed by atoms with van der Waals surface area (Å²) >= 11 is 2.70. The van der Waals surface area contributed by atoms with Crippen LogP contribution in [0.15, 0.2) is 75.4 Å². The summed E-state index contributed by atoms with van der Waals surface area (Å²) in [7, 11) is -2.23. The van der Waals surface area contributed by atoms with Gasteiger partial charge in [0, 0.05) is 24.7 Å². The lowest BCUT2D eigenvalue weighted by atomic mass is 10.1. The molecule has 0 bridgehead atoms. The second-order valence-electron chi connectivity index (χ2n) is 8.09. The zero-order valence-corrected chi connectivity index (χ0v) is 22.2. The number of anilines is 1. The molecule has 1 amide bonds. The molecule has 11 heteroatoms. The first kappa shape index (κ1) is 25.8. The lowest BCUT2D eigenvalue weighted by Gasteiger charge is -2.19. The molecule has 2 aromatic carbocycles. The molecule has 2 aromatic heterocycles. The molecule has 2 heterocycles. The molecule has 4 aromatic rings. The van der Waals surface area contributed by atoms with Gasteiger partial charge in [0.15, 0.2) is 0 Å². The number of amides is 1. The summed E-state index contributed by atoms with van der Waals surface area (Å²) in [6.07, 6.45) is 1.39. The van der Waals surface area contributed by atoms with Gasteiger partial charge in [-0.15, -0.1) is 28.3 Å². The number of rotatable bonds is 10. The Hall–Kier alpha value is -3.28. The molecule has 36 heavy (non-hydrogen) atoms. The van der Waals surface area contributed by atoms with E-state index in [2.05, 4.69) is 15.5 Å². The van der Waals surface area contributed by atoms with Crippen LogP contribution in [0.1, 0.15) is 21.6 Å². The van der Waals surface area contributed by atoms with E-state index in [1.165, 1.54) is 17.6 Å². The molecule has 0 saturated carbocycles. The topological polar surface area (TPSA) is 115 Å². The lowest BCUT2D eigenvalue weighted by molar-refractivity contribution is 0.0951. The van der Waals surface area contributed by atoms with Crippen molar-refractivity contribution < 1.29 is 18.4 Å². The number of oxime groups is 1. The number of thioether (sulfide) groups is 1. The van der Waals surface area contributed by atoms with Crippen LogP contribution in [-0.2, 0) is 15.8 Å². The average molecular weight is 543 g/mol. The minimum Gasteiger partial charge on any atom is -0.411 e. The molecular weight excluding hydrogens is 517 g/mol. The van der Waals surface area contributed by atoms with Gasteiger partial charge >= 0.3 is 0 Å². The lowest BCUT2D eigenvalue weighted by Crippen LogP contribution is -2.31. The second kappa shape index (κ2) is 11.2. The molecule has 0 spiro atoms. The number of fused-ring (bicyclic) bond motifs is 1. The molecule has 0 aliphatic rings. The fraction of sp³-hybridized carbons (Fsp3) is 0.200. The summed E-state index contributed by atoms with van der Waals surface area (Å²) in [5.41, 5.74) is 3.37. The number of carbonyl (C=O) groups is 1. The monoisotopic (exact) mass is 542 g/mol. The summed E-state index contributed by atoms with van der Waals surface area (Å²) < 4.78 is 27.6. The number of aromatic amines is 1. The summed E-state index contributed by atoms with van der Waals surface area (Å²) in [5.74, 6) is 0.366. The fourth-order valence-corrected chi connectivity index (χ4v) is 7.01. The van der Waals surface area contributed by atoms with Crippen LogP contribution in [0.5, 0.6) is 0 Å². The Morgan fingerprint density at radius 3 is 2.69 bits per heavy atom.